The summed E-state index contributed by atoms with van der Waals surface area (Å²) < 4.78 is 0. The van der Waals surface area contributed by atoms with Gasteiger partial charge in [-0.05, 0) is 25.3 Å². The van der Waals surface area contributed by atoms with Gasteiger partial charge in [-0.1, -0.05) is 55.5 Å². The molecule has 1 N–H and O–H groups in total. The molecule has 0 aliphatic heterocycles. The number of nitrogens with one attached hydrogen (secondary N) is 1. The zero-order chi connectivity index (χ0) is 13.3. The molecule has 0 saturated heterocycles. The molecular weight excluding hydrogens is 250 g/mol. The van der Waals surface area contributed by atoms with Gasteiger partial charge in [0, 0.05) is 24.1 Å². The second-order valence-electron chi connectivity index (χ2n) is 5.68. The van der Waals surface area contributed by atoms with Gasteiger partial charge < -0.3 is 5.32 Å². The van der Waals surface area contributed by atoms with E-state index in [1.54, 1.807) is 0 Å². The molecule has 0 unspecified atom stereocenters. The number of aryl methyl sites for hydroxylation is 1. The molecular formula is C17H27NS. The van der Waals surface area contributed by atoms with Crippen molar-refractivity contribution in [1.29, 1.82) is 0 Å². The summed E-state index contributed by atoms with van der Waals surface area (Å²) in [7, 11) is 0. The van der Waals surface area contributed by atoms with Crippen LogP contribution in [-0.4, -0.2) is 18.3 Å². The fourth-order valence-corrected chi connectivity index (χ4v) is 3.63. The van der Waals surface area contributed by atoms with E-state index in [1.165, 1.54) is 61.9 Å². The maximum absolute atomic E-state index is 3.74. The first-order chi connectivity index (χ1) is 9.34. The molecule has 1 nitrogen and oxygen atoms in total. The topological polar surface area (TPSA) is 12.0 Å². The van der Waals surface area contributed by atoms with E-state index in [4.69, 9.17) is 0 Å². The summed E-state index contributed by atoms with van der Waals surface area (Å²) >= 11 is 2.05. The summed E-state index contributed by atoms with van der Waals surface area (Å²) in [5.74, 6) is 2.37. The SMILES string of the molecule is Cc1cccc(CSCCNC2CCCCCC2)c1. The Kier molecular flexibility index (Phi) is 6.80. The first kappa shape index (κ1) is 14.9. The quantitative estimate of drug-likeness (QED) is 0.605. The lowest BCUT2D eigenvalue weighted by atomic mass is 10.1. The van der Waals surface area contributed by atoms with Gasteiger partial charge in [-0.2, -0.15) is 11.8 Å². The molecule has 0 radical (unpaired) electrons. The Morgan fingerprint density at radius 1 is 1.16 bits per heavy atom. The summed E-state index contributed by atoms with van der Waals surface area (Å²) in [5.41, 5.74) is 2.83. The first-order valence-corrected chi connectivity index (χ1v) is 8.87. The minimum Gasteiger partial charge on any atom is -0.313 e. The third kappa shape index (κ3) is 6.01. The van der Waals surface area contributed by atoms with E-state index in [0.717, 1.165) is 11.8 Å². The Morgan fingerprint density at radius 2 is 1.95 bits per heavy atom. The monoisotopic (exact) mass is 277 g/mol. The molecule has 1 aromatic carbocycles. The third-order valence-corrected chi connectivity index (χ3v) is 4.92. The lowest BCUT2D eigenvalue weighted by molar-refractivity contribution is 0.474. The van der Waals surface area contributed by atoms with Crippen molar-refractivity contribution >= 4 is 11.8 Å². The molecule has 1 aromatic rings. The largest absolute Gasteiger partial charge is 0.313 e. The standard InChI is InChI=1S/C17H27NS/c1-15-7-6-8-16(13-15)14-19-12-11-18-17-9-4-2-3-5-10-17/h6-8,13,17-18H,2-5,9-12,14H2,1H3. The number of hydrogen-bond acceptors (Lipinski definition) is 2. The van der Waals surface area contributed by atoms with Crippen molar-refractivity contribution in [3.05, 3.63) is 35.4 Å². The van der Waals surface area contributed by atoms with E-state index in [0.29, 0.717) is 0 Å². The van der Waals surface area contributed by atoms with Crippen LogP contribution in [-0.2, 0) is 5.75 Å². The molecule has 1 saturated carbocycles. The molecule has 2 rings (SSSR count). The predicted molar refractivity (Wildman–Crippen MR) is 86.8 cm³/mol. The lowest BCUT2D eigenvalue weighted by Crippen LogP contribution is -2.30. The van der Waals surface area contributed by atoms with Crippen molar-refractivity contribution in [3.8, 4) is 0 Å². The van der Waals surface area contributed by atoms with Gasteiger partial charge in [-0.25, -0.2) is 0 Å². The average molecular weight is 277 g/mol. The maximum Gasteiger partial charge on any atom is 0.0185 e. The molecule has 0 bridgehead atoms. The van der Waals surface area contributed by atoms with Gasteiger partial charge in [-0.15, -0.1) is 0 Å². The van der Waals surface area contributed by atoms with Gasteiger partial charge in [0.2, 0.25) is 0 Å². The first-order valence-electron chi connectivity index (χ1n) is 7.71. The Labute approximate surface area is 122 Å². The predicted octanol–water partition coefficient (Wildman–Crippen LogP) is 4.54. The van der Waals surface area contributed by atoms with Crippen LogP contribution < -0.4 is 5.32 Å². The molecule has 0 amide bonds. The van der Waals surface area contributed by atoms with E-state index in [-0.39, 0.29) is 0 Å². The van der Waals surface area contributed by atoms with E-state index < -0.39 is 0 Å². The van der Waals surface area contributed by atoms with Crippen molar-refractivity contribution in [1.82, 2.24) is 5.32 Å². The summed E-state index contributed by atoms with van der Waals surface area (Å²) in [5, 5.41) is 3.74. The van der Waals surface area contributed by atoms with Gasteiger partial charge in [0.25, 0.3) is 0 Å². The third-order valence-electron chi connectivity index (χ3n) is 3.89. The Balaban J connectivity index is 1.56. The van der Waals surface area contributed by atoms with E-state index >= 15 is 0 Å². The highest BCUT2D eigenvalue weighted by molar-refractivity contribution is 7.98. The molecule has 19 heavy (non-hydrogen) atoms. The summed E-state index contributed by atoms with van der Waals surface area (Å²) in [6.07, 6.45) is 8.52. The molecule has 106 valence electrons. The number of thioether (sulfide) groups is 1. The Bertz CT molecular complexity index is 356. The van der Waals surface area contributed by atoms with Crippen molar-refractivity contribution in [3.63, 3.8) is 0 Å². The van der Waals surface area contributed by atoms with Gasteiger partial charge >= 0.3 is 0 Å². The highest BCUT2D eigenvalue weighted by Crippen LogP contribution is 2.17. The Morgan fingerprint density at radius 3 is 2.68 bits per heavy atom. The summed E-state index contributed by atoms with van der Waals surface area (Å²) in [4.78, 5) is 0. The van der Waals surface area contributed by atoms with E-state index in [1.807, 2.05) is 11.8 Å². The van der Waals surface area contributed by atoms with Gasteiger partial charge in [0.15, 0.2) is 0 Å². The molecule has 0 atom stereocenters. The summed E-state index contributed by atoms with van der Waals surface area (Å²) in [6.45, 7) is 3.34. The van der Waals surface area contributed by atoms with Crippen LogP contribution in [0.15, 0.2) is 24.3 Å². The van der Waals surface area contributed by atoms with E-state index in [2.05, 4.69) is 36.5 Å². The zero-order valence-electron chi connectivity index (χ0n) is 12.2. The van der Waals surface area contributed by atoms with Crippen molar-refractivity contribution in [2.24, 2.45) is 0 Å². The maximum atomic E-state index is 3.74. The highest BCUT2D eigenvalue weighted by Gasteiger charge is 2.10. The van der Waals surface area contributed by atoms with Crippen LogP contribution in [0.1, 0.15) is 49.7 Å². The highest BCUT2D eigenvalue weighted by atomic mass is 32.2. The number of benzene rings is 1. The fourth-order valence-electron chi connectivity index (χ4n) is 2.81. The van der Waals surface area contributed by atoms with Crippen molar-refractivity contribution < 1.29 is 0 Å². The molecule has 1 fully saturated rings. The van der Waals surface area contributed by atoms with Gasteiger partial charge in [0.1, 0.15) is 0 Å². The number of rotatable bonds is 6. The minimum atomic E-state index is 0.794. The summed E-state index contributed by atoms with van der Waals surface area (Å²) in [6, 6.07) is 9.66. The fraction of sp³-hybridized carbons (Fsp3) is 0.647. The second kappa shape index (κ2) is 8.65. The minimum absolute atomic E-state index is 0.794. The smallest absolute Gasteiger partial charge is 0.0185 e. The normalized spacial score (nSPS) is 17.3. The van der Waals surface area contributed by atoms with Crippen LogP contribution in [0.5, 0.6) is 0 Å². The van der Waals surface area contributed by atoms with Crippen LogP contribution in [0.3, 0.4) is 0 Å². The number of hydrogen-bond donors (Lipinski definition) is 1. The Hall–Kier alpha value is -0.470. The molecule has 1 aliphatic carbocycles. The second-order valence-corrected chi connectivity index (χ2v) is 6.79. The van der Waals surface area contributed by atoms with Crippen molar-refractivity contribution in [2.75, 3.05) is 12.3 Å². The van der Waals surface area contributed by atoms with Crippen LogP contribution >= 0.6 is 11.8 Å². The van der Waals surface area contributed by atoms with Crippen LogP contribution in [0.2, 0.25) is 0 Å². The van der Waals surface area contributed by atoms with Gasteiger partial charge in [-0.3, -0.25) is 0 Å². The van der Waals surface area contributed by atoms with Crippen LogP contribution in [0.4, 0.5) is 0 Å². The molecule has 0 heterocycles. The molecule has 0 spiro atoms. The van der Waals surface area contributed by atoms with Gasteiger partial charge in [0.05, 0.1) is 0 Å². The molecule has 0 aromatic heterocycles. The van der Waals surface area contributed by atoms with E-state index in [9.17, 15) is 0 Å². The average Bonchev–Trinajstić information content (AvgIpc) is 2.67. The van der Waals surface area contributed by atoms with Crippen LogP contribution in [0.25, 0.3) is 0 Å². The van der Waals surface area contributed by atoms with Crippen molar-refractivity contribution in [2.45, 2.75) is 57.2 Å². The zero-order valence-corrected chi connectivity index (χ0v) is 13.0. The molecule has 1 aliphatic rings. The van der Waals surface area contributed by atoms with Crippen LogP contribution in [0, 0.1) is 6.92 Å². The lowest BCUT2D eigenvalue weighted by Gasteiger charge is -2.15. The molecule has 2 heteroatoms.